The monoisotopic (exact) mass is 443 g/mol. The number of rotatable bonds is 6. The van der Waals surface area contributed by atoms with Gasteiger partial charge in [0.15, 0.2) is 11.5 Å². The summed E-state index contributed by atoms with van der Waals surface area (Å²) in [4.78, 5) is 14.0. The SMILES string of the molecule is COc1ccc(C2SCCN2C(=O)c2ccccc2S(=O)(=O)C(F)F)cc1OC. The molecule has 1 atom stereocenters. The minimum absolute atomic E-state index is 0.263. The van der Waals surface area contributed by atoms with Crippen LogP contribution in [-0.4, -0.2) is 51.5 Å². The van der Waals surface area contributed by atoms with Gasteiger partial charge in [0.25, 0.3) is 5.91 Å². The van der Waals surface area contributed by atoms with Crippen LogP contribution in [0.1, 0.15) is 21.3 Å². The van der Waals surface area contributed by atoms with Crippen LogP contribution < -0.4 is 9.47 Å². The Balaban J connectivity index is 1.99. The summed E-state index contributed by atoms with van der Waals surface area (Å²) in [6.45, 7) is 0.353. The molecule has 10 heteroatoms. The number of carbonyl (C=O) groups excluding carboxylic acids is 1. The molecular weight excluding hydrogens is 424 g/mol. The molecule has 1 saturated heterocycles. The molecule has 2 aromatic carbocycles. The zero-order valence-corrected chi connectivity index (χ0v) is 17.3. The zero-order chi connectivity index (χ0) is 21.2. The maximum absolute atomic E-state index is 13.1. The van der Waals surface area contributed by atoms with Gasteiger partial charge >= 0.3 is 5.76 Å². The van der Waals surface area contributed by atoms with E-state index in [1.807, 2.05) is 0 Å². The van der Waals surface area contributed by atoms with Crippen LogP contribution in [0.2, 0.25) is 0 Å². The summed E-state index contributed by atoms with van der Waals surface area (Å²) in [6, 6.07) is 10.3. The van der Waals surface area contributed by atoms with Crippen molar-refractivity contribution < 1.29 is 31.5 Å². The molecule has 0 saturated carbocycles. The van der Waals surface area contributed by atoms with Gasteiger partial charge < -0.3 is 14.4 Å². The molecule has 0 aromatic heterocycles. The predicted molar refractivity (Wildman–Crippen MR) is 105 cm³/mol. The number of thioether (sulfide) groups is 1. The third kappa shape index (κ3) is 4.04. The Morgan fingerprint density at radius 1 is 1.14 bits per heavy atom. The number of methoxy groups -OCH3 is 2. The molecule has 0 bridgehead atoms. The van der Waals surface area contributed by atoms with E-state index in [2.05, 4.69) is 0 Å². The maximum Gasteiger partial charge on any atom is 0.341 e. The van der Waals surface area contributed by atoms with Gasteiger partial charge in [0.2, 0.25) is 9.84 Å². The third-order valence-electron chi connectivity index (χ3n) is 4.50. The second-order valence-corrected chi connectivity index (χ2v) is 9.21. The number of nitrogens with zero attached hydrogens (tertiary/aromatic N) is 1. The molecule has 1 aliphatic heterocycles. The van der Waals surface area contributed by atoms with Crippen molar-refractivity contribution in [3.05, 3.63) is 53.6 Å². The van der Waals surface area contributed by atoms with Gasteiger partial charge in [0.05, 0.1) is 24.7 Å². The highest BCUT2D eigenvalue weighted by molar-refractivity contribution is 7.99. The van der Waals surface area contributed by atoms with Crippen LogP contribution in [0, 0.1) is 0 Å². The van der Waals surface area contributed by atoms with Gasteiger partial charge in [-0.15, -0.1) is 11.8 Å². The molecule has 156 valence electrons. The van der Waals surface area contributed by atoms with Crippen molar-refractivity contribution in [1.82, 2.24) is 4.90 Å². The van der Waals surface area contributed by atoms with E-state index in [0.29, 0.717) is 23.8 Å². The van der Waals surface area contributed by atoms with Crippen molar-refractivity contribution >= 4 is 27.5 Å². The minimum atomic E-state index is -4.91. The van der Waals surface area contributed by atoms with E-state index in [4.69, 9.17) is 9.47 Å². The van der Waals surface area contributed by atoms with Crippen molar-refractivity contribution in [1.29, 1.82) is 0 Å². The molecule has 1 aliphatic rings. The first kappa shape index (κ1) is 21.4. The summed E-state index contributed by atoms with van der Waals surface area (Å²) in [7, 11) is -1.90. The third-order valence-corrected chi connectivity index (χ3v) is 7.20. The molecule has 3 rings (SSSR count). The zero-order valence-electron chi connectivity index (χ0n) is 15.7. The molecule has 29 heavy (non-hydrogen) atoms. The highest BCUT2D eigenvalue weighted by atomic mass is 32.2. The van der Waals surface area contributed by atoms with Crippen LogP contribution in [0.25, 0.3) is 0 Å². The van der Waals surface area contributed by atoms with Gasteiger partial charge in [-0.1, -0.05) is 18.2 Å². The topological polar surface area (TPSA) is 72.9 Å². The van der Waals surface area contributed by atoms with Gasteiger partial charge in [-0.2, -0.15) is 8.78 Å². The first-order chi connectivity index (χ1) is 13.8. The molecule has 1 fully saturated rings. The number of sulfone groups is 1. The fourth-order valence-electron chi connectivity index (χ4n) is 3.10. The average molecular weight is 443 g/mol. The van der Waals surface area contributed by atoms with Crippen molar-refractivity contribution in [3.63, 3.8) is 0 Å². The molecule has 6 nitrogen and oxygen atoms in total. The second kappa shape index (κ2) is 8.58. The first-order valence-electron chi connectivity index (χ1n) is 8.56. The van der Waals surface area contributed by atoms with Gasteiger partial charge in [-0.3, -0.25) is 4.79 Å². The Bertz CT molecular complexity index is 1010. The summed E-state index contributed by atoms with van der Waals surface area (Å²) < 4.78 is 60.7. The Kier molecular flexibility index (Phi) is 6.33. The fraction of sp³-hybridized carbons (Fsp3) is 0.316. The molecule has 1 heterocycles. The van der Waals surface area contributed by atoms with Gasteiger partial charge in [-0.25, -0.2) is 8.42 Å². The van der Waals surface area contributed by atoms with Crippen LogP contribution in [0.5, 0.6) is 11.5 Å². The standard InChI is InChI=1S/C19H19F2NO5S2/c1-26-14-8-7-12(11-15(14)27-2)18-22(9-10-28-18)17(23)13-5-3-4-6-16(13)29(24,25)19(20)21/h3-8,11,18-19H,9-10H2,1-2H3. The van der Waals surface area contributed by atoms with Crippen LogP contribution >= 0.6 is 11.8 Å². The lowest BCUT2D eigenvalue weighted by atomic mass is 10.1. The van der Waals surface area contributed by atoms with E-state index in [1.165, 1.54) is 49.1 Å². The second-order valence-electron chi connectivity index (χ2n) is 6.14. The summed E-state index contributed by atoms with van der Waals surface area (Å²) in [6.07, 6.45) is 0. The number of hydrogen-bond acceptors (Lipinski definition) is 6. The van der Waals surface area contributed by atoms with Crippen LogP contribution in [0.4, 0.5) is 8.78 Å². The lowest BCUT2D eigenvalue weighted by Gasteiger charge is -2.25. The lowest BCUT2D eigenvalue weighted by Crippen LogP contribution is -2.32. The normalized spacial score (nSPS) is 16.9. The van der Waals surface area contributed by atoms with Gasteiger partial charge in [-0.05, 0) is 29.8 Å². The van der Waals surface area contributed by atoms with E-state index < -0.39 is 31.8 Å². The lowest BCUT2D eigenvalue weighted by molar-refractivity contribution is 0.0756. The summed E-state index contributed by atoms with van der Waals surface area (Å²) in [5.41, 5.74) is 0.494. The highest BCUT2D eigenvalue weighted by Gasteiger charge is 2.36. The van der Waals surface area contributed by atoms with E-state index in [1.54, 1.807) is 18.2 Å². The smallest absolute Gasteiger partial charge is 0.341 e. The average Bonchev–Trinajstić information content (AvgIpc) is 3.22. The molecular formula is C19H19F2NO5S2. The molecule has 2 aromatic rings. The van der Waals surface area contributed by atoms with E-state index in [9.17, 15) is 22.0 Å². The van der Waals surface area contributed by atoms with Crippen LogP contribution in [0.15, 0.2) is 47.4 Å². The predicted octanol–water partition coefficient (Wildman–Crippen LogP) is 3.59. The number of ether oxygens (including phenoxy) is 2. The van der Waals surface area contributed by atoms with E-state index in [0.717, 1.165) is 11.6 Å². The number of carbonyl (C=O) groups is 1. The molecule has 0 radical (unpaired) electrons. The van der Waals surface area contributed by atoms with E-state index in [-0.39, 0.29) is 5.56 Å². The Morgan fingerprint density at radius 3 is 2.48 bits per heavy atom. The fourth-order valence-corrected chi connectivity index (χ4v) is 5.27. The van der Waals surface area contributed by atoms with Gasteiger partial charge in [0.1, 0.15) is 5.37 Å². The first-order valence-corrected chi connectivity index (χ1v) is 11.2. The number of amides is 1. The van der Waals surface area contributed by atoms with E-state index >= 15 is 0 Å². The maximum atomic E-state index is 13.1. The molecule has 0 aliphatic carbocycles. The number of alkyl halides is 2. The Labute approximate surface area is 171 Å². The molecule has 1 amide bonds. The molecule has 1 unspecified atom stereocenters. The quantitative estimate of drug-likeness (QED) is 0.680. The largest absolute Gasteiger partial charge is 0.493 e. The summed E-state index contributed by atoms with van der Waals surface area (Å²) >= 11 is 1.49. The van der Waals surface area contributed by atoms with Crippen molar-refractivity contribution in [2.75, 3.05) is 26.5 Å². The Hall–Kier alpha value is -2.33. The summed E-state index contributed by atoms with van der Waals surface area (Å²) in [5.74, 6) is -2.58. The van der Waals surface area contributed by atoms with Crippen LogP contribution in [-0.2, 0) is 9.84 Å². The van der Waals surface area contributed by atoms with Gasteiger partial charge in [0, 0.05) is 12.3 Å². The minimum Gasteiger partial charge on any atom is -0.493 e. The Morgan fingerprint density at radius 2 is 1.83 bits per heavy atom. The highest BCUT2D eigenvalue weighted by Crippen LogP contribution is 2.42. The number of benzene rings is 2. The van der Waals surface area contributed by atoms with Crippen LogP contribution in [0.3, 0.4) is 0 Å². The number of hydrogen-bond donors (Lipinski definition) is 0. The van der Waals surface area contributed by atoms with Crippen molar-refractivity contribution in [2.45, 2.75) is 16.0 Å². The van der Waals surface area contributed by atoms with Crippen molar-refractivity contribution in [2.24, 2.45) is 0 Å². The number of halogens is 2. The summed E-state index contributed by atoms with van der Waals surface area (Å²) in [5, 5.41) is -0.412. The molecule has 0 spiro atoms. The van der Waals surface area contributed by atoms with Crippen molar-refractivity contribution in [3.8, 4) is 11.5 Å². The molecule has 0 N–H and O–H groups in total.